The molecule has 0 radical (unpaired) electrons. The highest BCUT2D eigenvalue weighted by molar-refractivity contribution is 7.88. The number of carbonyl (C=O) groups excluding carboxylic acids is 3. The van der Waals surface area contributed by atoms with E-state index in [1.165, 1.54) is 5.56 Å². The van der Waals surface area contributed by atoms with Crippen LogP contribution in [0.5, 0.6) is 5.75 Å². The van der Waals surface area contributed by atoms with Crippen LogP contribution in [0.2, 0.25) is 5.02 Å². The molecule has 0 saturated carbocycles. The van der Waals surface area contributed by atoms with Crippen molar-refractivity contribution in [1.29, 1.82) is 0 Å². The van der Waals surface area contributed by atoms with E-state index in [1.54, 1.807) is 21.3 Å². The van der Waals surface area contributed by atoms with Crippen LogP contribution in [0.25, 0.3) is 26.7 Å². The molecule has 2 atom stereocenters. The summed E-state index contributed by atoms with van der Waals surface area (Å²) in [6.07, 6.45) is 7.27. The number of hydrogen-bond donors (Lipinski definition) is 4. The summed E-state index contributed by atoms with van der Waals surface area (Å²) in [5.41, 5.74) is 5.79. The number of halogens is 1. The quantitative estimate of drug-likeness (QED) is 0.0813. The summed E-state index contributed by atoms with van der Waals surface area (Å²) in [7, 11) is -3.73. The van der Waals surface area contributed by atoms with E-state index in [2.05, 4.69) is 39.9 Å². The summed E-state index contributed by atoms with van der Waals surface area (Å²) in [5, 5.41) is 26.6. The van der Waals surface area contributed by atoms with Gasteiger partial charge in [-0.1, -0.05) is 48.0 Å². The van der Waals surface area contributed by atoms with Gasteiger partial charge in [0.2, 0.25) is 21.8 Å². The zero-order valence-corrected chi connectivity index (χ0v) is 40.1. The summed E-state index contributed by atoms with van der Waals surface area (Å²) < 4.78 is 37.2. The van der Waals surface area contributed by atoms with Crippen LogP contribution in [-0.2, 0) is 30.2 Å². The number of fused-ring (bicyclic) bond motifs is 1. The maximum absolute atomic E-state index is 14.2. The minimum Gasteiger partial charge on any atom is -0.479 e. The molecule has 4 N–H and O–H groups in total. The molecule has 3 saturated heterocycles. The average Bonchev–Trinajstić information content (AvgIpc) is 3.97. The Labute approximate surface area is 406 Å². The predicted octanol–water partition coefficient (Wildman–Crippen LogP) is 7.97. The van der Waals surface area contributed by atoms with E-state index in [0.29, 0.717) is 46.6 Å². The molecule has 16 nitrogen and oxygen atoms in total. The third-order valence-electron chi connectivity index (χ3n) is 13.8. The standard InChI is InChI=1S/C50H49ClN6O10S2/c1-50(2)23-32(52-31-6-3-5-30(21-31)45-43(51)44(67-26-41(59)60)46(68-45)49(63)64)17-20-56(50)69(65,66)27-28-9-10-33-22-34(25-55(33)24-28)54-18-15-29(16-19-54)35-11-12-38-42-36(35)7-4-8-37(42)48(62)57(38)39-13-14-40(58)53-47(39)61/h3-12,21-22,24-25,29,32,39,52H,13-20,23,26-27H2,1-2H3,(H,59,60)(H,63,64)(H,53,58,61). The molecule has 0 spiro atoms. The summed E-state index contributed by atoms with van der Waals surface area (Å²) in [5.74, 6) is -3.63. The number of aromatic nitrogens is 1. The van der Waals surface area contributed by atoms with E-state index in [-0.39, 0.29) is 58.0 Å². The van der Waals surface area contributed by atoms with Gasteiger partial charge in [-0.3, -0.25) is 24.6 Å². The third-order valence-corrected chi connectivity index (χ3v) is 17.6. The number of carbonyl (C=O) groups is 5. The number of imide groups is 1. The number of rotatable bonds is 13. The van der Waals surface area contributed by atoms with Crippen molar-refractivity contribution in [2.24, 2.45) is 0 Å². The lowest BCUT2D eigenvalue weighted by Gasteiger charge is -2.45. The number of nitrogens with one attached hydrogen (secondary N) is 2. The number of thiophene rings is 1. The summed E-state index contributed by atoms with van der Waals surface area (Å²) in [6, 6.07) is 22.2. The van der Waals surface area contributed by atoms with Crippen molar-refractivity contribution < 1.29 is 47.3 Å². The van der Waals surface area contributed by atoms with Crippen LogP contribution in [0.3, 0.4) is 0 Å². The molecule has 3 aromatic carbocycles. The number of nitrogens with zero attached hydrogens (tertiary/aromatic N) is 4. The summed E-state index contributed by atoms with van der Waals surface area (Å²) >= 11 is 7.44. The molecule has 10 rings (SSSR count). The molecule has 358 valence electrons. The molecule has 6 aromatic rings. The third kappa shape index (κ3) is 8.68. The number of amides is 3. The Kier molecular flexibility index (Phi) is 11.9. The van der Waals surface area contributed by atoms with Gasteiger partial charge in [0.25, 0.3) is 5.91 Å². The normalized spacial score (nSPS) is 19.9. The highest BCUT2D eigenvalue weighted by Gasteiger charge is 2.43. The van der Waals surface area contributed by atoms with E-state index in [9.17, 15) is 37.5 Å². The zero-order valence-electron chi connectivity index (χ0n) is 37.7. The van der Waals surface area contributed by atoms with Crippen molar-refractivity contribution in [2.75, 3.05) is 41.4 Å². The molecule has 4 aliphatic heterocycles. The molecular formula is C50H49ClN6O10S2. The number of pyridine rings is 1. The number of anilines is 3. The molecule has 4 aliphatic rings. The monoisotopic (exact) mass is 992 g/mol. The minimum atomic E-state index is -3.73. The van der Waals surface area contributed by atoms with Gasteiger partial charge in [0.1, 0.15) is 11.1 Å². The molecule has 3 fully saturated rings. The molecule has 69 heavy (non-hydrogen) atoms. The average molecular weight is 994 g/mol. The molecule has 0 aliphatic carbocycles. The summed E-state index contributed by atoms with van der Waals surface area (Å²) in [6.45, 7) is 5.04. The van der Waals surface area contributed by atoms with Crippen molar-refractivity contribution in [3.8, 4) is 16.2 Å². The fourth-order valence-corrected chi connectivity index (χ4v) is 14.1. The lowest BCUT2D eigenvalue weighted by molar-refractivity contribution is -0.139. The van der Waals surface area contributed by atoms with Crippen LogP contribution in [0.4, 0.5) is 17.1 Å². The number of aliphatic carboxylic acids is 1. The van der Waals surface area contributed by atoms with E-state index in [4.69, 9.17) is 21.4 Å². The zero-order chi connectivity index (χ0) is 48.5. The second-order valence-electron chi connectivity index (χ2n) is 18.8. The van der Waals surface area contributed by atoms with Crippen molar-refractivity contribution in [3.63, 3.8) is 0 Å². The van der Waals surface area contributed by atoms with Crippen LogP contribution in [0.15, 0.2) is 85.2 Å². The molecule has 19 heteroatoms. The number of sulfonamides is 1. The molecule has 2 unspecified atom stereocenters. The minimum absolute atomic E-state index is 0.0137. The van der Waals surface area contributed by atoms with Crippen LogP contribution in [0.1, 0.15) is 89.4 Å². The first-order valence-corrected chi connectivity index (χ1v) is 25.6. The molecular weight excluding hydrogens is 944 g/mol. The highest BCUT2D eigenvalue weighted by Crippen LogP contribution is 2.47. The Hall–Kier alpha value is -6.47. The first kappa shape index (κ1) is 46.3. The van der Waals surface area contributed by atoms with E-state index in [0.717, 1.165) is 64.9 Å². The number of carboxylic acids is 2. The second kappa shape index (κ2) is 17.8. The fourth-order valence-electron chi connectivity index (χ4n) is 10.8. The first-order valence-electron chi connectivity index (χ1n) is 22.8. The number of carboxylic acid groups (broad SMARTS) is 2. The van der Waals surface area contributed by atoms with Crippen molar-refractivity contribution in [2.45, 2.75) is 81.7 Å². The van der Waals surface area contributed by atoms with E-state index < -0.39 is 46.1 Å². The SMILES string of the molecule is CC1(C)CC(Nc2cccc(-c3sc(C(=O)O)c(OCC(=O)O)c3Cl)c2)CCN1S(=O)(=O)Cc1ccc2cc(N3CCC(c4ccc5c6c(cccc46)C(=O)N5C4CCC(=O)NC4=O)CC3)cn2c1. The van der Waals surface area contributed by atoms with Gasteiger partial charge in [0.15, 0.2) is 17.2 Å². The fraction of sp³-hybridized carbons (Fsp3) is 0.340. The Morgan fingerprint density at radius 2 is 1.72 bits per heavy atom. The van der Waals surface area contributed by atoms with Crippen LogP contribution in [0, 0.1) is 0 Å². The molecule has 7 heterocycles. The Balaban J connectivity index is 0.778. The lowest BCUT2D eigenvalue weighted by Crippen LogP contribution is -2.55. The molecule has 3 aromatic heterocycles. The van der Waals surface area contributed by atoms with Crippen molar-refractivity contribution in [1.82, 2.24) is 14.0 Å². The van der Waals surface area contributed by atoms with Crippen LogP contribution in [-0.4, -0.2) is 101 Å². The van der Waals surface area contributed by atoms with Gasteiger partial charge in [0.05, 0.1) is 22.0 Å². The van der Waals surface area contributed by atoms with Crippen LogP contribution >= 0.6 is 22.9 Å². The Bertz CT molecular complexity index is 3230. The Morgan fingerprint density at radius 3 is 2.46 bits per heavy atom. The first-order chi connectivity index (χ1) is 33.0. The second-order valence-corrected chi connectivity index (χ2v) is 22.1. The number of piperidine rings is 3. The van der Waals surface area contributed by atoms with Crippen LogP contribution < -0.4 is 25.2 Å². The van der Waals surface area contributed by atoms with E-state index in [1.807, 2.05) is 66.9 Å². The summed E-state index contributed by atoms with van der Waals surface area (Å²) in [4.78, 5) is 65.6. The number of hydrogen-bond acceptors (Lipinski definition) is 11. The van der Waals surface area contributed by atoms with Gasteiger partial charge >= 0.3 is 11.9 Å². The van der Waals surface area contributed by atoms with Gasteiger partial charge in [-0.15, -0.1) is 11.3 Å². The predicted molar refractivity (Wildman–Crippen MR) is 263 cm³/mol. The Morgan fingerprint density at radius 1 is 0.942 bits per heavy atom. The van der Waals surface area contributed by atoms with Crippen molar-refractivity contribution >= 4 is 96.0 Å². The van der Waals surface area contributed by atoms with Crippen molar-refractivity contribution in [3.05, 3.63) is 112 Å². The maximum atomic E-state index is 14.2. The topological polar surface area (TPSA) is 207 Å². The maximum Gasteiger partial charge on any atom is 0.349 e. The number of ether oxygens (including phenoxy) is 1. The van der Waals surface area contributed by atoms with Gasteiger partial charge in [-0.25, -0.2) is 18.0 Å². The van der Waals surface area contributed by atoms with Gasteiger partial charge < -0.3 is 29.6 Å². The highest BCUT2D eigenvalue weighted by atomic mass is 35.5. The number of benzene rings is 3. The lowest BCUT2D eigenvalue weighted by atomic mass is 9.85. The number of aromatic carboxylic acids is 1. The molecule has 0 bridgehead atoms. The van der Waals surface area contributed by atoms with Gasteiger partial charge in [0, 0.05) is 72.2 Å². The molecule has 3 amide bonds. The van der Waals surface area contributed by atoms with Gasteiger partial charge in [-0.2, -0.15) is 4.31 Å². The largest absolute Gasteiger partial charge is 0.479 e. The smallest absolute Gasteiger partial charge is 0.349 e. The van der Waals surface area contributed by atoms with E-state index >= 15 is 0 Å². The van der Waals surface area contributed by atoms with Gasteiger partial charge in [-0.05, 0) is 110 Å².